The van der Waals surface area contributed by atoms with E-state index in [4.69, 9.17) is 9.72 Å². The fourth-order valence-corrected chi connectivity index (χ4v) is 8.47. The van der Waals surface area contributed by atoms with Gasteiger partial charge < -0.3 is 9.84 Å². The molecule has 6 aliphatic rings. The van der Waals surface area contributed by atoms with E-state index in [1.165, 1.54) is 42.4 Å². The molecule has 1 aromatic rings. The van der Waals surface area contributed by atoms with Crippen LogP contribution in [0.3, 0.4) is 0 Å². The first-order valence-corrected chi connectivity index (χ1v) is 15.0. The van der Waals surface area contributed by atoms with Gasteiger partial charge in [-0.3, -0.25) is 0 Å². The van der Waals surface area contributed by atoms with Crippen LogP contribution in [0.2, 0.25) is 0 Å². The van der Waals surface area contributed by atoms with Crippen molar-refractivity contribution < 1.29 is 9.84 Å². The molecule has 0 amide bonds. The first-order chi connectivity index (χ1) is 18.7. The number of nitrogens with zero attached hydrogens (tertiary/aromatic N) is 2. The van der Waals surface area contributed by atoms with Crippen molar-refractivity contribution >= 4 is 22.9 Å². The number of methoxy groups -OCH3 is 1. The molecule has 1 aliphatic heterocycles. The summed E-state index contributed by atoms with van der Waals surface area (Å²) in [5.41, 5.74) is 9.00. The van der Waals surface area contributed by atoms with Gasteiger partial charge in [0.05, 0.1) is 18.4 Å². The lowest BCUT2D eigenvalue weighted by atomic mass is 9.71. The molecule has 0 fully saturated rings. The predicted molar refractivity (Wildman–Crippen MR) is 156 cm³/mol. The Bertz CT molecular complexity index is 1430. The van der Waals surface area contributed by atoms with Crippen LogP contribution in [0, 0.1) is 11.8 Å². The van der Waals surface area contributed by atoms with E-state index in [0.717, 1.165) is 31.4 Å². The molecule has 3 unspecified atom stereocenters. The zero-order valence-electron chi connectivity index (χ0n) is 22.0. The standard InChI is InChI=1S/C33H34N2O2S/c1-37-31-19-27(34-33(35-31)24-13-7-8-14-28(24)36)26-18-30-32(23-12-6-5-11-22(23)26)25-16-15-21(17-29(25)38-30)20-9-3-2-4-10-20/h3,7,9-10,13,15-16,18-19,21,30,32,36H,2,4-6,8,11-12,14,17H2,1H3. The molecule has 0 bridgehead atoms. The lowest BCUT2D eigenvalue weighted by Crippen LogP contribution is -2.24. The maximum absolute atomic E-state index is 10.6. The Balaban J connectivity index is 1.27. The van der Waals surface area contributed by atoms with Crippen molar-refractivity contribution in [1.82, 2.24) is 9.97 Å². The van der Waals surface area contributed by atoms with Crippen molar-refractivity contribution in [2.45, 2.75) is 63.0 Å². The van der Waals surface area contributed by atoms with E-state index in [2.05, 4.69) is 59.3 Å². The van der Waals surface area contributed by atoms with Gasteiger partial charge in [-0.15, -0.1) is 11.8 Å². The zero-order chi connectivity index (χ0) is 25.6. The molecule has 0 aromatic carbocycles. The third kappa shape index (κ3) is 4.16. The number of hydrogen-bond acceptors (Lipinski definition) is 5. The van der Waals surface area contributed by atoms with E-state index in [1.54, 1.807) is 23.2 Å². The van der Waals surface area contributed by atoms with Crippen molar-refractivity contribution in [3.05, 3.63) is 99.1 Å². The summed E-state index contributed by atoms with van der Waals surface area (Å²) < 4.78 is 5.63. The number of rotatable bonds is 4. The van der Waals surface area contributed by atoms with Gasteiger partial charge in [0.15, 0.2) is 5.82 Å². The van der Waals surface area contributed by atoms with Crippen LogP contribution in [0.15, 0.2) is 87.6 Å². The molecule has 4 nitrogen and oxygen atoms in total. The number of aliphatic hydroxyl groups is 1. The van der Waals surface area contributed by atoms with Gasteiger partial charge in [-0.25, -0.2) is 4.98 Å². The van der Waals surface area contributed by atoms with Crippen LogP contribution in [0.4, 0.5) is 0 Å². The minimum atomic E-state index is 0.356. The summed E-state index contributed by atoms with van der Waals surface area (Å²) in [6.45, 7) is 0. The van der Waals surface area contributed by atoms with Gasteiger partial charge in [-0.2, -0.15) is 4.98 Å². The maximum atomic E-state index is 10.6. The Labute approximate surface area is 229 Å². The second-order valence-electron chi connectivity index (χ2n) is 11.0. The third-order valence-electron chi connectivity index (χ3n) is 8.74. The number of aliphatic hydroxyl groups excluding tert-OH is 1. The number of thioether (sulfide) groups is 1. The van der Waals surface area contributed by atoms with Gasteiger partial charge in [0.1, 0.15) is 5.76 Å². The predicted octanol–water partition coefficient (Wildman–Crippen LogP) is 8.21. The van der Waals surface area contributed by atoms with E-state index >= 15 is 0 Å². The van der Waals surface area contributed by atoms with Gasteiger partial charge >= 0.3 is 0 Å². The summed E-state index contributed by atoms with van der Waals surface area (Å²) >= 11 is 2.07. The minimum Gasteiger partial charge on any atom is -0.512 e. The number of ether oxygens (including phenoxy) is 1. The van der Waals surface area contributed by atoms with Crippen LogP contribution in [-0.2, 0) is 0 Å². The van der Waals surface area contributed by atoms with Crippen LogP contribution in [0.5, 0.6) is 5.88 Å². The van der Waals surface area contributed by atoms with Crippen molar-refractivity contribution in [1.29, 1.82) is 0 Å². The van der Waals surface area contributed by atoms with E-state index in [9.17, 15) is 5.11 Å². The van der Waals surface area contributed by atoms with Crippen molar-refractivity contribution in [3.8, 4) is 5.88 Å². The maximum Gasteiger partial charge on any atom is 0.217 e. The van der Waals surface area contributed by atoms with E-state index < -0.39 is 0 Å². The molecule has 7 rings (SSSR count). The largest absolute Gasteiger partial charge is 0.512 e. The Morgan fingerprint density at radius 3 is 2.74 bits per heavy atom. The van der Waals surface area contributed by atoms with Gasteiger partial charge in [-0.05, 0) is 73.0 Å². The first kappa shape index (κ1) is 24.0. The number of fused-ring (bicyclic) bond motifs is 3. The van der Waals surface area contributed by atoms with Crippen molar-refractivity contribution in [2.75, 3.05) is 7.11 Å². The van der Waals surface area contributed by atoms with Crippen LogP contribution < -0.4 is 4.74 Å². The molecule has 0 radical (unpaired) electrons. The highest BCUT2D eigenvalue weighted by atomic mass is 32.2. The molecule has 0 saturated carbocycles. The summed E-state index contributed by atoms with van der Waals surface area (Å²) in [5.74, 6) is 2.43. The van der Waals surface area contributed by atoms with E-state index in [0.29, 0.717) is 46.5 Å². The fraction of sp³-hybridized carbons (Fsp3) is 0.394. The average Bonchev–Trinajstić information content (AvgIpc) is 3.35. The van der Waals surface area contributed by atoms with E-state index in [1.807, 2.05) is 12.1 Å². The molecule has 5 heteroatoms. The van der Waals surface area contributed by atoms with Crippen LogP contribution in [-0.4, -0.2) is 27.4 Å². The van der Waals surface area contributed by atoms with Crippen molar-refractivity contribution in [2.24, 2.45) is 11.8 Å². The highest BCUT2D eigenvalue weighted by Gasteiger charge is 2.42. The zero-order valence-corrected chi connectivity index (χ0v) is 22.8. The van der Waals surface area contributed by atoms with Crippen LogP contribution in [0.1, 0.15) is 69.3 Å². The minimum absolute atomic E-state index is 0.356. The summed E-state index contributed by atoms with van der Waals surface area (Å²) in [4.78, 5) is 11.2. The highest BCUT2D eigenvalue weighted by molar-refractivity contribution is 8.04. The molecular formula is C33H34N2O2S. The fourth-order valence-electron chi connectivity index (χ4n) is 6.88. The van der Waals surface area contributed by atoms with E-state index in [-0.39, 0.29) is 0 Å². The number of aromatic nitrogens is 2. The van der Waals surface area contributed by atoms with Crippen LogP contribution >= 0.6 is 11.8 Å². The van der Waals surface area contributed by atoms with Gasteiger partial charge in [0.2, 0.25) is 5.88 Å². The Morgan fingerprint density at radius 1 is 1.00 bits per heavy atom. The monoisotopic (exact) mass is 522 g/mol. The second-order valence-corrected chi connectivity index (χ2v) is 12.3. The van der Waals surface area contributed by atoms with Gasteiger partial charge in [-0.1, -0.05) is 54.2 Å². The van der Waals surface area contributed by atoms with Crippen LogP contribution in [0.25, 0.3) is 11.1 Å². The molecule has 1 aromatic heterocycles. The SMILES string of the molecule is COc1cc(C2=CC3SC4=C(C=CC(C5=CCCC=C5)C4)C3C3=C2CCCC3)nc(C2=C(O)CCC=C2)n1. The summed E-state index contributed by atoms with van der Waals surface area (Å²) in [5, 5.41) is 11.0. The molecule has 2 heterocycles. The molecular weight excluding hydrogens is 488 g/mol. The highest BCUT2D eigenvalue weighted by Crippen LogP contribution is 2.57. The Hall–Kier alpha value is -3.05. The molecule has 0 spiro atoms. The number of hydrogen-bond donors (Lipinski definition) is 1. The molecule has 5 aliphatic carbocycles. The Kier molecular flexibility index (Phi) is 6.27. The summed E-state index contributed by atoms with van der Waals surface area (Å²) in [7, 11) is 1.65. The number of allylic oxidation sites excluding steroid dienone is 15. The quantitative estimate of drug-likeness (QED) is 0.432. The lowest BCUT2D eigenvalue weighted by molar-refractivity contribution is 0.388. The summed E-state index contributed by atoms with van der Waals surface area (Å²) in [6.07, 6.45) is 28.2. The third-order valence-corrected chi connectivity index (χ3v) is 10.1. The average molecular weight is 523 g/mol. The normalized spacial score (nSPS) is 28.2. The van der Waals surface area contributed by atoms with Gasteiger partial charge in [0.25, 0.3) is 0 Å². The van der Waals surface area contributed by atoms with Gasteiger partial charge in [0, 0.05) is 35.1 Å². The molecule has 1 N–H and O–H groups in total. The molecule has 3 atom stereocenters. The topological polar surface area (TPSA) is 55.2 Å². The molecule has 38 heavy (non-hydrogen) atoms. The first-order valence-electron chi connectivity index (χ1n) is 14.1. The molecule has 194 valence electrons. The van der Waals surface area contributed by atoms with Crippen molar-refractivity contribution in [3.63, 3.8) is 0 Å². The smallest absolute Gasteiger partial charge is 0.217 e. The Morgan fingerprint density at radius 2 is 1.89 bits per heavy atom. The second kappa shape index (κ2) is 9.92. The molecule has 0 saturated heterocycles. The summed E-state index contributed by atoms with van der Waals surface area (Å²) in [6, 6.07) is 1.98. The lowest BCUT2D eigenvalue weighted by Gasteiger charge is -2.34.